The molecule has 9 heteroatoms. The lowest BCUT2D eigenvalue weighted by atomic mass is 9.75. The van der Waals surface area contributed by atoms with Gasteiger partial charge in [-0.05, 0) is 136 Å². The number of ether oxygens (including phenoxy) is 1. The van der Waals surface area contributed by atoms with E-state index in [0.717, 1.165) is 76.4 Å². The fourth-order valence-corrected chi connectivity index (χ4v) is 11.0. The molecule has 8 rings (SSSR count). The van der Waals surface area contributed by atoms with Crippen LogP contribution in [0.2, 0.25) is 0 Å². The van der Waals surface area contributed by atoms with Crippen molar-refractivity contribution >= 4 is 46.1 Å². The number of rotatable bonds is 12. The van der Waals surface area contributed by atoms with Gasteiger partial charge < -0.3 is 19.6 Å². The maximum Gasteiger partial charge on any atom is 0.240 e. The highest BCUT2D eigenvalue weighted by Gasteiger charge is 2.48. The van der Waals surface area contributed by atoms with Crippen LogP contribution in [0, 0.1) is 5.92 Å². The molecule has 3 aliphatic heterocycles. The molecule has 0 bridgehead atoms. The molecule has 63 heavy (non-hydrogen) atoms. The van der Waals surface area contributed by atoms with Crippen LogP contribution < -0.4 is 9.64 Å². The molecule has 1 N–H and O–H groups in total. The summed E-state index contributed by atoms with van der Waals surface area (Å²) in [6.45, 7) is 14.4. The smallest absolute Gasteiger partial charge is 0.240 e. The lowest BCUT2D eigenvalue weighted by molar-refractivity contribution is -0.401. The lowest BCUT2D eigenvalue weighted by Crippen LogP contribution is -2.62. The molecule has 1 saturated heterocycles. The molecule has 0 radical (unpaired) electrons. The minimum atomic E-state index is -1.09. The molecular formula is C54H61N4O4S+. The van der Waals surface area contributed by atoms with Crippen LogP contribution in [-0.2, 0) is 22.2 Å². The molecule has 0 aromatic heterocycles. The number of carbonyl (C=O) groups excluding carboxylic acids is 2. The summed E-state index contributed by atoms with van der Waals surface area (Å²) in [6, 6.07) is 32.2. The number of para-hydroxylation sites is 1. The first-order chi connectivity index (χ1) is 30.2. The van der Waals surface area contributed by atoms with Gasteiger partial charge in [-0.1, -0.05) is 74.5 Å². The number of benzene rings is 4. The number of carbonyl (C=O) groups is 2. The number of nitrogens with zero attached hydrogens (tertiary/aromatic N) is 4. The molecule has 3 unspecified atom stereocenters. The monoisotopic (exact) mass is 861 g/mol. The normalized spacial score (nSPS) is 22.4. The minimum absolute atomic E-state index is 0.0184. The SMILES string of the molecule is CCN1C(=O)C(C2=C(/C=C/C3=[N+](C)c4ccc(COc5ccccc5)cc4C3(C)C)CCC/C2=C\CC2N(C)c3ccc(C(=O)c4ccccc4)cc3C2(C)C)C(O)N(CC)C1=S. The van der Waals surface area contributed by atoms with E-state index in [1.165, 1.54) is 5.56 Å². The lowest BCUT2D eigenvalue weighted by Gasteiger charge is -2.45. The predicted octanol–water partition coefficient (Wildman–Crippen LogP) is 10.1. The van der Waals surface area contributed by atoms with E-state index < -0.39 is 12.1 Å². The summed E-state index contributed by atoms with van der Waals surface area (Å²) in [5.74, 6) is -0.0929. The molecule has 326 valence electrons. The Morgan fingerprint density at radius 3 is 2.30 bits per heavy atom. The molecule has 1 amide bonds. The van der Waals surface area contributed by atoms with Crippen LogP contribution >= 0.6 is 12.2 Å². The van der Waals surface area contributed by atoms with E-state index in [2.05, 4.69) is 99.8 Å². The number of fused-ring (bicyclic) bond motifs is 2. The van der Waals surface area contributed by atoms with Crippen molar-refractivity contribution in [2.24, 2.45) is 5.92 Å². The van der Waals surface area contributed by atoms with Gasteiger partial charge in [-0.3, -0.25) is 14.5 Å². The van der Waals surface area contributed by atoms with Crippen molar-refractivity contribution in [3.05, 3.63) is 160 Å². The molecule has 4 aromatic rings. The average Bonchev–Trinajstić information content (AvgIpc) is 3.60. The van der Waals surface area contributed by atoms with Crippen molar-refractivity contribution in [1.29, 1.82) is 0 Å². The molecule has 1 aliphatic carbocycles. The standard InChI is InChI=1S/C54H61N4O4S/c1-9-57-50(60)48(51(61)58(10-2)52(57)63)47-36(26-30-45-53(3,4)41-32-35(24-28-43(41)55(45)7)34-62-40-22-15-12-16-23-40)20-17-21-37(47)27-31-46-54(5,6)42-33-39(25-29-44(42)56(46)8)49(59)38-18-13-11-14-19-38/h11-16,18-19,22-30,32-33,46,48,50,60H,9-10,17,20-21,31,34H2,1-8H3/q+1/b30-26+,37-27+. The summed E-state index contributed by atoms with van der Waals surface area (Å²) in [5, 5.41) is 12.5. The second-order valence-corrected chi connectivity index (χ2v) is 18.8. The Morgan fingerprint density at radius 2 is 1.60 bits per heavy atom. The van der Waals surface area contributed by atoms with Gasteiger partial charge in [0.2, 0.25) is 11.6 Å². The zero-order valence-electron chi connectivity index (χ0n) is 38.0. The van der Waals surface area contributed by atoms with Crippen LogP contribution in [0.15, 0.2) is 132 Å². The topological polar surface area (TPSA) is 76.3 Å². The Morgan fingerprint density at radius 1 is 0.889 bits per heavy atom. The maximum absolute atomic E-state index is 14.6. The zero-order chi connectivity index (χ0) is 44.8. The van der Waals surface area contributed by atoms with Gasteiger partial charge >= 0.3 is 0 Å². The van der Waals surface area contributed by atoms with Crippen LogP contribution in [0.4, 0.5) is 11.4 Å². The average molecular weight is 862 g/mol. The van der Waals surface area contributed by atoms with Gasteiger partial charge in [0, 0.05) is 66.1 Å². The number of ketones is 1. The highest BCUT2D eigenvalue weighted by molar-refractivity contribution is 7.80. The van der Waals surface area contributed by atoms with Gasteiger partial charge in [0.1, 0.15) is 31.5 Å². The fourth-order valence-electron chi connectivity index (χ4n) is 10.6. The first-order valence-electron chi connectivity index (χ1n) is 22.5. The number of anilines is 1. The number of likely N-dealkylation sites (N-methyl/N-ethyl adjacent to an activating group) is 1. The van der Waals surface area contributed by atoms with Crippen LogP contribution in [0.1, 0.15) is 99.8 Å². The summed E-state index contributed by atoms with van der Waals surface area (Å²) in [5.41, 5.74) is 10.8. The highest BCUT2D eigenvalue weighted by atomic mass is 32.1. The third-order valence-corrected chi connectivity index (χ3v) is 14.6. The van der Waals surface area contributed by atoms with Crippen LogP contribution in [0.25, 0.3) is 0 Å². The third kappa shape index (κ3) is 7.88. The number of aliphatic hydroxyl groups excluding tert-OH is 1. The van der Waals surface area contributed by atoms with Crippen LogP contribution in [0.5, 0.6) is 5.75 Å². The highest BCUT2D eigenvalue weighted by Crippen LogP contribution is 2.48. The van der Waals surface area contributed by atoms with Crippen molar-refractivity contribution in [3.8, 4) is 5.75 Å². The molecule has 3 heterocycles. The minimum Gasteiger partial charge on any atom is -0.489 e. The summed E-state index contributed by atoms with van der Waals surface area (Å²) in [7, 11) is 4.27. The molecule has 0 saturated carbocycles. The van der Waals surface area contributed by atoms with Crippen molar-refractivity contribution < 1.29 is 24.0 Å². The largest absolute Gasteiger partial charge is 0.489 e. The number of thiocarbonyl (C=S) groups is 1. The van der Waals surface area contributed by atoms with Gasteiger partial charge in [-0.15, -0.1) is 0 Å². The van der Waals surface area contributed by atoms with E-state index in [0.29, 0.717) is 35.9 Å². The van der Waals surface area contributed by atoms with Crippen molar-refractivity contribution in [1.82, 2.24) is 9.80 Å². The number of hydrogen-bond acceptors (Lipinski definition) is 6. The van der Waals surface area contributed by atoms with Crippen LogP contribution in [0.3, 0.4) is 0 Å². The molecule has 0 spiro atoms. The summed E-state index contributed by atoms with van der Waals surface area (Å²) >= 11 is 5.79. The summed E-state index contributed by atoms with van der Waals surface area (Å²) in [4.78, 5) is 34.0. The number of allylic oxidation sites excluding steroid dienone is 4. The van der Waals surface area contributed by atoms with Gasteiger partial charge in [-0.2, -0.15) is 4.58 Å². The summed E-state index contributed by atoms with van der Waals surface area (Å²) < 4.78 is 8.40. The number of amides is 1. The molecule has 3 atom stereocenters. The van der Waals surface area contributed by atoms with Gasteiger partial charge in [0.15, 0.2) is 16.6 Å². The Hall–Kier alpha value is -5.64. The van der Waals surface area contributed by atoms with Gasteiger partial charge in [0.25, 0.3) is 0 Å². The number of aliphatic hydroxyl groups is 1. The second kappa shape index (κ2) is 17.5. The predicted molar refractivity (Wildman–Crippen MR) is 257 cm³/mol. The Kier molecular flexibility index (Phi) is 12.2. The Balaban J connectivity index is 1.15. The second-order valence-electron chi connectivity index (χ2n) is 18.4. The van der Waals surface area contributed by atoms with E-state index in [1.54, 1.807) is 9.80 Å². The van der Waals surface area contributed by atoms with Gasteiger partial charge in [-0.25, -0.2) is 0 Å². The molecule has 1 fully saturated rings. The molecule has 4 aromatic carbocycles. The van der Waals surface area contributed by atoms with E-state index >= 15 is 0 Å². The maximum atomic E-state index is 14.6. The Bertz CT molecular complexity index is 2570. The quantitative estimate of drug-likeness (QED) is 0.0864. The zero-order valence-corrected chi connectivity index (χ0v) is 38.8. The van der Waals surface area contributed by atoms with Crippen LogP contribution in [-0.4, -0.2) is 81.5 Å². The van der Waals surface area contributed by atoms with Crippen molar-refractivity contribution in [2.75, 3.05) is 32.1 Å². The molecular weight excluding hydrogens is 801 g/mol. The molecule has 8 nitrogen and oxygen atoms in total. The summed E-state index contributed by atoms with van der Waals surface area (Å²) in [6.07, 6.45) is 8.92. The van der Waals surface area contributed by atoms with Gasteiger partial charge in [0.05, 0.1) is 5.41 Å². The fraction of sp³-hybridized carbons (Fsp3) is 0.370. The third-order valence-electron chi connectivity index (χ3n) is 14.1. The van der Waals surface area contributed by atoms with E-state index in [-0.39, 0.29) is 28.6 Å². The van der Waals surface area contributed by atoms with Crippen molar-refractivity contribution in [3.63, 3.8) is 0 Å². The number of hydrogen-bond donors (Lipinski definition) is 1. The van der Waals surface area contributed by atoms with E-state index in [4.69, 9.17) is 17.0 Å². The first-order valence-corrected chi connectivity index (χ1v) is 22.9. The van der Waals surface area contributed by atoms with E-state index in [9.17, 15) is 14.7 Å². The van der Waals surface area contributed by atoms with Crippen molar-refractivity contribution in [2.45, 2.75) is 96.9 Å². The first kappa shape index (κ1) is 44.0. The Labute approximate surface area is 378 Å². The van der Waals surface area contributed by atoms with E-state index in [1.807, 2.05) is 80.6 Å². The molecule has 4 aliphatic rings.